The summed E-state index contributed by atoms with van der Waals surface area (Å²) in [5, 5.41) is 2.90. The number of nitrogens with one attached hydrogen (secondary N) is 1. The number of benzene rings is 2. The van der Waals surface area contributed by atoms with Crippen molar-refractivity contribution < 1.29 is 17.9 Å². The molecule has 1 N–H and O–H groups in total. The second-order valence-electron chi connectivity index (χ2n) is 7.56. The van der Waals surface area contributed by atoms with Crippen LogP contribution in [0.15, 0.2) is 77.8 Å². The molecule has 174 valence electrons. The van der Waals surface area contributed by atoms with E-state index in [4.69, 9.17) is 4.74 Å². The number of aryl methyl sites for hydroxylation is 1. The first kappa shape index (κ1) is 24.3. The van der Waals surface area contributed by atoms with Gasteiger partial charge in [0.05, 0.1) is 36.4 Å². The van der Waals surface area contributed by atoms with Crippen molar-refractivity contribution in [2.24, 2.45) is 0 Å². The number of amides is 1. The largest absolute Gasteiger partial charge is 0.481 e. The summed E-state index contributed by atoms with van der Waals surface area (Å²) in [6, 6.07) is 19.6. The number of hydrogen-bond donors (Lipinski definition) is 1. The summed E-state index contributed by atoms with van der Waals surface area (Å²) in [6.45, 7) is 3.92. The Balaban J connectivity index is 1.83. The number of nitrogens with zero attached hydrogens (tertiary/aromatic N) is 2. The summed E-state index contributed by atoms with van der Waals surface area (Å²) in [7, 11) is -2.38. The minimum atomic E-state index is -3.88. The first-order chi connectivity index (χ1) is 15.9. The van der Waals surface area contributed by atoms with Gasteiger partial charge in [-0.2, -0.15) is 0 Å². The van der Waals surface area contributed by atoms with Crippen LogP contribution in [0.2, 0.25) is 0 Å². The Morgan fingerprint density at radius 2 is 1.76 bits per heavy atom. The summed E-state index contributed by atoms with van der Waals surface area (Å²) < 4.78 is 33.5. The van der Waals surface area contributed by atoms with E-state index in [9.17, 15) is 13.2 Å². The molecule has 0 spiro atoms. The van der Waals surface area contributed by atoms with Gasteiger partial charge in [0.1, 0.15) is 0 Å². The lowest BCUT2D eigenvalue weighted by atomic mass is 9.96. The van der Waals surface area contributed by atoms with Crippen LogP contribution in [0.3, 0.4) is 0 Å². The number of carbonyl (C=O) groups is 1. The average molecular weight is 468 g/mol. The highest BCUT2D eigenvalue weighted by Crippen LogP contribution is 2.26. The van der Waals surface area contributed by atoms with Crippen LogP contribution in [0.5, 0.6) is 5.88 Å². The molecule has 3 aromatic rings. The summed E-state index contributed by atoms with van der Waals surface area (Å²) in [6.07, 6.45) is 2.10. The molecule has 1 amide bonds. The molecule has 1 unspecified atom stereocenters. The molecule has 1 aromatic heterocycles. The molecule has 7 nitrogen and oxygen atoms in total. The number of aromatic nitrogens is 1. The lowest BCUT2D eigenvalue weighted by molar-refractivity contribution is -0.122. The number of methoxy groups -OCH3 is 1. The molecule has 33 heavy (non-hydrogen) atoms. The van der Waals surface area contributed by atoms with Crippen molar-refractivity contribution in [3.8, 4) is 5.88 Å². The van der Waals surface area contributed by atoms with Crippen molar-refractivity contribution in [2.45, 2.75) is 31.1 Å². The zero-order valence-electron chi connectivity index (χ0n) is 19.1. The van der Waals surface area contributed by atoms with E-state index in [1.165, 1.54) is 17.6 Å². The first-order valence-corrected chi connectivity index (χ1v) is 12.2. The Kier molecular flexibility index (Phi) is 8.06. The lowest BCUT2D eigenvalue weighted by Gasteiger charge is -2.26. The summed E-state index contributed by atoms with van der Waals surface area (Å²) in [4.78, 5) is 17.2. The zero-order valence-corrected chi connectivity index (χ0v) is 19.9. The van der Waals surface area contributed by atoms with Crippen LogP contribution in [0.1, 0.15) is 30.4 Å². The molecule has 1 heterocycles. The molecule has 0 saturated carbocycles. The number of anilines is 1. The van der Waals surface area contributed by atoms with Crippen LogP contribution in [0, 0.1) is 6.92 Å². The number of hydrogen-bond acceptors (Lipinski definition) is 5. The van der Waals surface area contributed by atoms with Gasteiger partial charge in [0.25, 0.3) is 10.0 Å². The van der Waals surface area contributed by atoms with Gasteiger partial charge in [0, 0.05) is 12.6 Å². The quantitative estimate of drug-likeness (QED) is 0.488. The van der Waals surface area contributed by atoms with Crippen LogP contribution in [0.25, 0.3) is 0 Å². The second-order valence-corrected chi connectivity index (χ2v) is 9.39. The van der Waals surface area contributed by atoms with Crippen LogP contribution in [-0.4, -0.2) is 39.5 Å². The minimum absolute atomic E-state index is 0.0572. The molecule has 0 radical (unpaired) electrons. The van der Waals surface area contributed by atoms with Crippen molar-refractivity contribution in [1.82, 2.24) is 10.3 Å². The Labute approximate surface area is 195 Å². The fourth-order valence-corrected chi connectivity index (χ4v) is 5.34. The second kappa shape index (κ2) is 11.0. The minimum Gasteiger partial charge on any atom is -0.481 e. The van der Waals surface area contributed by atoms with Gasteiger partial charge >= 0.3 is 0 Å². The fraction of sp³-hybridized carbons (Fsp3) is 0.280. The van der Waals surface area contributed by atoms with E-state index in [0.29, 0.717) is 23.6 Å². The normalized spacial score (nSPS) is 12.1. The van der Waals surface area contributed by atoms with Crippen molar-refractivity contribution in [3.05, 3.63) is 84.1 Å². The van der Waals surface area contributed by atoms with Crippen LogP contribution < -0.4 is 14.4 Å². The predicted molar refractivity (Wildman–Crippen MR) is 129 cm³/mol. The van der Waals surface area contributed by atoms with Gasteiger partial charge < -0.3 is 10.1 Å². The summed E-state index contributed by atoms with van der Waals surface area (Å²) >= 11 is 0. The molecule has 3 rings (SSSR count). The van der Waals surface area contributed by atoms with Crippen molar-refractivity contribution in [2.75, 3.05) is 24.5 Å². The monoisotopic (exact) mass is 467 g/mol. The maximum atomic E-state index is 13.5. The zero-order chi connectivity index (χ0) is 23.8. The molecule has 0 bridgehead atoms. The Bertz CT molecular complexity index is 1170. The highest BCUT2D eigenvalue weighted by molar-refractivity contribution is 7.92. The van der Waals surface area contributed by atoms with Gasteiger partial charge in [-0.05, 0) is 36.6 Å². The predicted octanol–water partition coefficient (Wildman–Crippen LogP) is 3.90. The highest BCUT2D eigenvalue weighted by Gasteiger charge is 2.27. The van der Waals surface area contributed by atoms with Crippen LogP contribution in [-0.2, 0) is 14.8 Å². The van der Waals surface area contributed by atoms with Gasteiger partial charge in [-0.3, -0.25) is 9.10 Å². The Morgan fingerprint density at radius 1 is 1.06 bits per heavy atom. The van der Waals surface area contributed by atoms with E-state index in [2.05, 4.69) is 10.3 Å². The maximum absolute atomic E-state index is 13.5. The SMILES string of the molecule is CCC(C(=O)NCCN(c1ccc(OC)nc1)S(=O)(=O)c1ccccc1C)c1ccccc1. The summed E-state index contributed by atoms with van der Waals surface area (Å²) in [5.41, 5.74) is 1.97. The third kappa shape index (κ3) is 5.70. The third-order valence-electron chi connectivity index (χ3n) is 5.42. The topological polar surface area (TPSA) is 88.6 Å². The number of carbonyl (C=O) groups excluding carboxylic acids is 1. The molecular weight excluding hydrogens is 438 g/mol. The third-order valence-corrected chi connectivity index (χ3v) is 7.41. The average Bonchev–Trinajstić information content (AvgIpc) is 2.83. The van der Waals surface area contributed by atoms with E-state index in [1.54, 1.807) is 43.3 Å². The first-order valence-electron chi connectivity index (χ1n) is 10.8. The van der Waals surface area contributed by atoms with E-state index >= 15 is 0 Å². The smallest absolute Gasteiger partial charge is 0.264 e. The van der Waals surface area contributed by atoms with Gasteiger partial charge in [-0.25, -0.2) is 13.4 Å². The maximum Gasteiger partial charge on any atom is 0.264 e. The standard InChI is InChI=1S/C25H29N3O4S/c1-4-22(20-11-6-5-7-12-20)25(29)26-16-17-28(21-14-15-24(32-3)27-18-21)33(30,31)23-13-9-8-10-19(23)2/h5-15,18,22H,4,16-17H2,1-3H3,(H,26,29). The Morgan fingerprint density at radius 3 is 2.36 bits per heavy atom. The van der Waals surface area contributed by atoms with Gasteiger partial charge in [-0.1, -0.05) is 55.5 Å². The lowest BCUT2D eigenvalue weighted by Crippen LogP contribution is -2.40. The van der Waals surface area contributed by atoms with Gasteiger partial charge in [0.15, 0.2) is 0 Å². The number of pyridine rings is 1. The van der Waals surface area contributed by atoms with Crippen molar-refractivity contribution >= 4 is 21.6 Å². The number of rotatable bonds is 10. The van der Waals surface area contributed by atoms with Crippen molar-refractivity contribution in [3.63, 3.8) is 0 Å². The fourth-order valence-electron chi connectivity index (χ4n) is 3.66. The molecule has 2 aromatic carbocycles. The van der Waals surface area contributed by atoms with E-state index in [-0.39, 0.29) is 29.8 Å². The van der Waals surface area contributed by atoms with Crippen LogP contribution in [0.4, 0.5) is 5.69 Å². The molecule has 0 aliphatic rings. The molecule has 1 atom stereocenters. The Hall–Kier alpha value is -3.39. The molecular formula is C25H29N3O4S. The number of ether oxygens (including phenoxy) is 1. The molecule has 0 aliphatic carbocycles. The van der Waals surface area contributed by atoms with Crippen molar-refractivity contribution in [1.29, 1.82) is 0 Å². The van der Waals surface area contributed by atoms with E-state index in [1.807, 2.05) is 37.3 Å². The summed E-state index contributed by atoms with van der Waals surface area (Å²) in [5.74, 6) is -0.0472. The highest BCUT2D eigenvalue weighted by atomic mass is 32.2. The molecule has 0 saturated heterocycles. The van der Waals surface area contributed by atoms with Gasteiger partial charge in [-0.15, -0.1) is 0 Å². The van der Waals surface area contributed by atoms with Crippen LogP contribution >= 0.6 is 0 Å². The molecule has 0 fully saturated rings. The van der Waals surface area contributed by atoms with Gasteiger partial charge in [0.2, 0.25) is 11.8 Å². The van der Waals surface area contributed by atoms with E-state index < -0.39 is 10.0 Å². The van der Waals surface area contributed by atoms with E-state index in [0.717, 1.165) is 5.56 Å². The number of sulfonamides is 1. The molecule has 8 heteroatoms. The molecule has 0 aliphatic heterocycles.